The molecular formula is C35H44O3SSi. The van der Waals surface area contributed by atoms with Crippen molar-refractivity contribution in [2.24, 2.45) is 11.3 Å². The number of hydrogen-bond acceptors (Lipinski definition) is 3. The van der Waals surface area contributed by atoms with Crippen LogP contribution in [0, 0.1) is 11.3 Å². The van der Waals surface area contributed by atoms with E-state index in [9.17, 15) is 8.42 Å². The van der Waals surface area contributed by atoms with Crippen LogP contribution in [0.15, 0.2) is 107 Å². The van der Waals surface area contributed by atoms with E-state index in [0.29, 0.717) is 17.9 Å². The van der Waals surface area contributed by atoms with Crippen LogP contribution in [-0.2, 0) is 14.3 Å². The SMILES string of the molecule is CC1(C)CCC2=C(CCCC2S(=O)(=O)c2ccccc2)[C@H]1CO[Si](c1ccccc1)(c1ccccc1)C(C)(C)C. The molecule has 0 N–H and O–H groups in total. The Morgan fingerprint density at radius 2 is 1.32 bits per heavy atom. The first-order valence-corrected chi connectivity index (χ1v) is 18.2. The van der Waals surface area contributed by atoms with E-state index in [-0.39, 0.29) is 16.4 Å². The Kier molecular flexibility index (Phi) is 8.04. The molecular weight excluding hydrogens is 529 g/mol. The van der Waals surface area contributed by atoms with Gasteiger partial charge in [-0.15, -0.1) is 0 Å². The van der Waals surface area contributed by atoms with Crippen LogP contribution >= 0.6 is 0 Å². The minimum absolute atomic E-state index is 0.0304. The van der Waals surface area contributed by atoms with E-state index in [0.717, 1.165) is 25.7 Å². The quantitative estimate of drug-likeness (QED) is 0.220. The van der Waals surface area contributed by atoms with Gasteiger partial charge in [0.2, 0.25) is 0 Å². The zero-order chi connectivity index (χ0) is 28.6. The molecule has 2 aliphatic carbocycles. The first-order chi connectivity index (χ1) is 19.0. The van der Waals surface area contributed by atoms with Crippen molar-refractivity contribution in [3.05, 3.63) is 102 Å². The highest BCUT2D eigenvalue weighted by Crippen LogP contribution is 2.51. The largest absolute Gasteiger partial charge is 0.407 e. The standard InChI is InChI=1S/C35H44O3SSi/c1-34(2,3)40(28-18-11-7-12-19-28,29-20-13-8-14-21-29)38-26-32-30-22-15-23-33(31(30)24-25-35(32,4)5)39(36,37)27-16-9-6-10-17-27/h6-14,16-21,32-33H,15,22-26H2,1-5H3/t32-,33?/m1/s1. The Morgan fingerprint density at radius 1 is 0.800 bits per heavy atom. The molecule has 3 aromatic carbocycles. The predicted molar refractivity (Wildman–Crippen MR) is 168 cm³/mol. The molecule has 3 aromatic rings. The van der Waals surface area contributed by atoms with Gasteiger partial charge in [-0.2, -0.15) is 0 Å². The average Bonchev–Trinajstić information content (AvgIpc) is 2.94. The maximum atomic E-state index is 13.9. The third-order valence-electron chi connectivity index (χ3n) is 9.45. The lowest BCUT2D eigenvalue weighted by Crippen LogP contribution is -2.67. The highest BCUT2D eigenvalue weighted by molar-refractivity contribution is 7.92. The van der Waals surface area contributed by atoms with E-state index >= 15 is 0 Å². The lowest BCUT2D eigenvalue weighted by atomic mass is 9.63. The lowest BCUT2D eigenvalue weighted by Gasteiger charge is -2.48. The first-order valence-electron chi connectivity index (χ1n) is 14.7. The molecule has 0 heterocycles. The Morgan fingerprint density at radius 3 is 1.85 bits per heavy atom. The van der Waals surface area contributed by atoms with Crippen LogP contribution < -0.4 is 10.4 Å². The van der Waals surface area contributed by atoms with Crippen LogP contribution in [0.25, 0.3) is 0 Å². The van der Waals surface area contributed by atoms with Gasteiger partial charge >= 0.3 is 0 Å². The molecule has 0 fully saturated rings. The molecule has 0 spiro atoms. The number of benzene rings is 3. The molecule has 2 aliphatic rings. The molecule has 0 aromatic heterocycles. The van der Waals surface area contributed by atoms with Crippen molar-refractivity contribution in [2.75, 3.05) is 6.61 Å². The molecule has 212 valence electrons. The van der Waals surface area contributed by atoms with E-state index < -0.39 is 23.4 Å². The molecule has 0 aliphatic heterocycles. The van der Waals surface area contributed by atoms with Gasteiger partial charge in [-0.25, -0.2) is 8.42 Å². The van der Waals surface area contributed by atoms with E-state index in [1.165, 1.54) is 21.5 Å². The van der Waals surface area contributed by atoms with Gasteiger partial charge in [-0.1, -0.05) is 125 Å². The Balaban J connectivity index is 1.58. The second-order valence-electron chi connectivity index (χ2n) is 13.3. The van der Waals surface area contributed by atoms with E-state index in [1.807, 2.05) is 18.2 Å². The fraction of sp³-hybridized carbons (Fsp3) is 0.429. The van der Waals surface area contributed by atoms with Crippen molar-refractivity contribution in [3.63, 3.8) is 0 Å². The summed E-state index contributed by atoms with van der Waals surface area (Å²) in [7, 11) is -6.14. The van der Waals surface area contributed by atoms with Crippen molar-refractivity contribution in [3.8, 4) is 0 Å². The summed E-state index contributed by atoms with van der Waals surface area (Å²) in [5, 5.41) is 2.04. The van der Waals surface area contributed by atoms with Crippen molar-refractivity contribution in [2.45, 2.75) is 81.9 Å². The molecule has 40 heavy (non-hydrogen) atoms. The van der Waals surface area contributed by atoms with Gasteiger partial charge in [0.1, 0.15) is 0 Å². The van der Waals surface area contributed by atoms with Crippen LogP contribution in [0.3, 0.4) is 0 Å². The zero-order valence-corrected chi connectivity index (χ0v) is 26.5. The van der Waals surface area contributed by atoms with Gasteiger partial charge in [0.15, 0.2) is 9.84 Å². The van der Waals surface area contributed by atoms with Gasteiger partial charge < -0.3 is 4.43 Å². The molecule has 0 radical (unpaired) electrons. The smallest absolute Gasteiger partial charge is 0.261 e. The molecule has 0 amide bonds. The minimum atomic E-state index is -3.44. The molecule has 1 unspecified atom stereocenters. The summed E-state index contributed by atoms with van der Waals surface area (Å²) in [6.07, 6.45) is 4.41. The summed E-state index contributed by atoms with van der Waals surface area (Å²) >= 11 is 0. The highest BCUT2D eigenvalue weighted by atomic mass is 32.2. The molecule has 5 rings (SSSR count). The summed E-state index contributed by atoms with van der Waals surface area (Å²) in [4.78, 5) is 0.443. The van der Waals surface area contributed by atoms with E-state index in [1.54, 1.807) is 12.1 Å². The maximum Gasteiger partial charge on any atom is 0.261 e. The molecule has 0 saturated heterocycles. The van der Waals surface area contributed by atoms with Gasteiger partial charge in [-0.05, 0) is 65.1 Å². The van der Waals surface area contributed by atoms with Gasteiger partial charge in [0.05, 0.1) is 10.1 Å². The maximum absolute atomic E-state index is 13.9. The van der Waals surface area contributed by atoms with Gasteiger partial charge in [-0.3, -0.25) is 0 Å². The zero-order valence-electron chi connectivity index (χ0n) is 24.7. The lowest BCUT2D eigenvalue weighted by molar-refractivity contribution is 0.125. The molecule has 2 atom stereocenters. The van der Waals surface area contributed by atoms with Crippen LogP contribution in [0.1, 0.15) is 66.7 Å². The minimum Gasteiger partial charge on any atom is -0.407 e. The van der Waals surface area contributed by atoms with E-state index in [4.69, 9.17) is 4.43 Å². The number of sulfone groups is 1. The molecule has 0 bridgehead atoms. The van der Waals surface area contributed by atoms with Gasteiger partial charge in [0.25, 0.3) is 8.32 Å². The number of rotatable bonds is 7. The second kappa shape index (κ2) is 11.1. The monoisotopic (exact) mass is 572 g/mol. The van der Waals surface area contributed by atoms with Crippen LogP contribution in [-0.4, -0.2) is 28.6 Å². The Hall–Kier alpha value is -2.47. The second-order valence-corrected chi connectivity index (χ2v) is 19.7. The van der Waals surface area contributed by atoms with E-state index in [2.05, 4.69) is 95.3 Å². The normalized spacial score (nSPS) is 21.6. The van der Waals surface area contributed by atoms with Gasteiger partial charge in [0, 0.05) is 12.5 Å². The van der Waals surface area contributed by atoms with Crippen LogP contribution in [0.2, 0.25) is 5.04 Å². The fourth-order valence-corrected chi connectivity index (χ4v) is 13.8. The molecule has 0 saturated carbocycles. The highest BCUT2D eigenvalue weighted by Gasteiger charge is 2.52. The molecule has 3 nitrogen and oxygen atoms in total. The summed E-state index contributed by atoms with van der Waals surface area (Å²) in [6, 6.07) is 30.7. The summed E-state index contributed by atoms with van der Waals surface area (Å²) < 4.78 is 35.2. The Labute approximate surface area is 242 Å². The summed E-state index contributed by atoms with van der Waals surface area (Å²) in [5.74, 6) is 0.187. The fourth-order valence-electron chi connectivity index (χ4n) is 7.25. The number of hydrogen-bond donors (Lipinski definition) is 0. The predicted octanol–water partition coefficient (Wildman–Crippen LogP) is 7.32. The van der Waals surface area contributed by atoms with Crippen LogP contribution in [0.5, 0.6) is 0 Å². The van der Waals surface area contributed by atoms with Crippen molar-refractivity contribution in [1.82, 2.24) is 0 Å². The summed E-state index contributed by atoms with van der Waals surface area (Å²) in [5.41, 5.74) is 2.55. The molecule has 5 heteroatoms. The topological polar surface area (TPSA) is 43.4 Å². The summed E-state index contributed by atoms with van der Waals surface area (Å²) in [6.45, 7) is 12.3. The van der Waals surface area contributed by atoms with Crippen molar-refractivity contribution in [1.29, 1.82) is 0 Å². The van der Waals surface area contributed by atoms with Crippen molar-refractivity contribution >= 4 is 28.5 Å². The average molecular weight is 573 g/mol. The van der Waals surface area contributed by atoms with Crippen LogP contribution in [0.4, 0.5) is 0 Å². The Bertz CT molecular complexity index is 1400. The third-order valence-corrected chi connectivity index (χ3v) is 16.6. The van der Waals surface area contributed by atoms with Crippen molar-refractivity contribution < 1.29 is 12.8 Å². The first kappa shape index (κ1) is 29.0. The third kappa shape index (κ3) is 5.17.